The van der Waals surface area contributed by atoms with Crippen LogP contribution in [-0.2, 0) is 6.54 Å². The van der Waals surface area contributed by atoms with Crippen molar-refractivity contribution in [2.45, 2.75) is 31.1 Å². The van der Waals surface area contributed by atoms with Crippen LogP contribution in [0.15, 0.2) is 18.3 Å². The molecule has 1 unspecified atom stereocenters. The lowest BCUT2D eigenvalue weighted by Crippen LogP contribution is -2.17. The number of fused-ring (bicyclic) bond motifs is 1. The van der Waals surface area contributed by atoms with E-state index in [-0.39, 0.29) is 0 Å². The van der Waals surface area contributed by atoms with Gasteiger partial charge in [0.05, 0.1) is 5.52 Å². The van der Waals surface area contributed by atoms with Gasteiger partial charge in [-0.1, -0.05) is 6.42 Å². The number of rotatable bonds is 2. The second kappa shape index (κ2) is 4.82. The molecule has 3 rings (SSSR count). The maximum absolute atomic E-state index is 5.38. The zero-order valence-electron chi connectivity index (χ0n) is 9.56. The molecule has 3 heterocycles. The largest absolute Gasteiger partial charge is 0.329 e. The van der Waals surface area contributed by atoms with E-state index in [0.717, 1.165) is 22.5 Å². The molecule has 1 fully saturated rings. The number of thioether (sulfide) groups is 1. The standard InChI is InChI=1S/C12H15N3S2/c16-12-14-10-5-3-6-13-11(10)15(12)8-9-4-1-2-7-17-9/h3,5-6,9H,1-2,4,7-8H2,(H,14,16). The SMILES string of the molecule is S=c1[nH]c2cccnc2n1CC1CCCCS1. The van der Waals surface area contributed by atoms with Crippen molar-refractivity contribution >= 4 is 35.1 Å². The van der Waals surface area contributed by atoms with Crippen molar-refractivity contribution in [2.24, 2.45) is 0 Å². The van der Waals surface area contributed by atoms with Crippen molar-refractivity contribution in [3.63, 3.8) is 0 Å². The van der Waals surface area contributed by atoms with Gasteiger partial charge in [0.1, 0.15) is 0 Å². The monoisotopic (exact) mass is 265 g/mol. The van der Waals surface area contributed by atoms with Crippen molar-refractivity contribution in [2.75, 3.05) is 5.75 Å². The van der Waals surface area contributed by atoms with Crippen LogP contribution >= 0.6 is 24.0 Å². The summed E-state index contributed by atoms with van der Waals surface area (Å²) in [5.74, 6) is 1.29. The number of nitrogens with one attached hydrogen (secondary N) is 1. The maximum Gasteiger partial charge on any atom is 0.179 e. The number of aromatic nitrogens is 3. The van der Waals surface area contributed by atoms with Gasteiger partial charge >= 0.3 is 0 Å². The van der Waals surface area contributed by atoms with Gasteiger partial charge in [-0.2, -0.15) is 11.8 Å². The number of H-pyrrole nitrogens is 1. The van der Waals surface area contributed by atoms with Crippen LogP contribution in [-0.4, -0.2) is 25.5 Å². The van der Waals surface area contributed by atoms with Crippen molar-refractivity contribution in [3.05, 3.63) is 23.1 Å². The van der Waals surface area contributed by atoms with Crippen LogP contribution in [0.2, 0.25) is 0 Å². The lowest BCUT2D eigenvalue weighted by atomic mass is 10.2. The molecule has 1 N–H and O–H groups in total. The zero-order valence-corrected chi connectivity index (χ0v) is 11.2. The molecular weight excluding hydrogens is 250 g/mol. The fraction of sp³-hybridized carbons (Fsp3) is 0.500. The molecule has 0 aliphatic carbocycles. The molecule has 0 bridgehead atoms. The van der Waals surface area contributed by atoms with Crippen molar-refractivity contribution in [1.82, 2.24) is 14.5 Å². The van der Waals surface area contributed by atoms with Gasteiger partial charge in [0.25, 0.3) is 0 Å². The minimum Gasteiger partial charge on any atom is -0.329 e. The van der Waals surface area contributed by atoms with Crippen LogP contribution in [0.3, 0.4) is 0 Å². The Morgan fingerprint density at radius 2 is 2.47 bits per heavy atom. The molecule has 0 spiro atoms. The lowest BCUT2D eigenvalue weighted by Gasteiger charge is -2.21. The Labute approximate surface area is 110 Å². The Hall–Kier alpha value is -0.810. The second-order valence-electron chi connectivity index (χ2n) is 4.40. The van der Waals surface area contributed by atoms with Gasteiger partial charge in [0.2, 0.25) is 0 Å². The smallest absolute Gasteiger partial charge is 0.179 e. The molecule has 1 saturated heterocycles. The number of pyridine rings is 1. The first-order valence-corrected chi connectivity index (χ1v) is 7.45. The third kappa shape index (κ3) is 2.26. The first kappa shape index (κ1) is 11.3. The van der Waals surface area contributed by atoms with Crippen LogP contribution in [0.5, 0.6) is 0 Å². The molecule has 17 heavy (non-hydrogen) atoms. The van der Waals surface area contributed by atoms with Crippen molar-refractivity contribution in [1.29, 1.82) is 0 Å². The summed E-state index contributed by atoms with van der Waals surface area (Å²) in [4.78, 5) is 7.65. The summed E-state index contributed by atoms with van der Waals surface area (Å²) in [6.45, 7) is 0.987. The van der Waals surface area contributed by atoms with Crippen molar-refractivity contribution < 1.29 is 0 Å². The van der Waals surface area contributed by atoms with E-state index < -0.39 is 0 Å². The van der Waals surface area contributed by atoms with E-state index in [1.165, 1.54) is 25.0 Å². The minimum absolute atomic E-state index is 0.691. The summed E-state index contributed by atoms with van der Waals surface area (Å²) >= 11 is 7.45. The summed E-state index contributed by atoms with van der Waals surface area (Å²) < 4.78 is 2.94. The van der Waals surface area contributed by atoms with E-state index in [0.29, 0.717) is 5.25 Å². The Kier molecular flexibility index (Phi) is 3.20. The first-order valence-electron chi connectivity index (χ1n) is 6.00. The highest BCUT2D eigenvalue weighted by atomic mass is 32.2. The van der Waals surface area contributed by atoms with Crippen LogP contribution in [0.4, 0.5) is 0 Å². The fourth-order valence-corrected chi connectivity index (χ4v) is 3.88. The summed E-state index contributed by atoms with van der Waals surface area (Å²) in [5.41, 5.74) is 2.03. The van der Waals surface area contributed by atoms with Gasteiger partial charge in [-0.3, -0.25) is 0 Å². The topological polar surface area (TPSA) is 33.6 Å². The normalized spacial score (nSPS) is 20.8. The van der Waals surface area contributed by atoms with Crippen LogP contribution in [0.1, 0.15) is 19.3 Å². The molecule has 2 aromatic rings. The number of nitrogens with zero attached hydrogens (tertiary/aromatic N) is 2. The molecule has 0 aromatic carbocycles. The zero-order chi connectivity index (χ0) is 11.7. The molecule has 0 saturated carbocycles. The summed E-state index contributed by atoms with van der Waals surface area (Å²) in [6, 6.07) is 3.97. The molecule has 1 atom stereocenters. The third-order valence-electron chi connectivity index (χ3n) is 3.19. The molecular formula is C12H15N3S2. The van der Waals surface area contributed by atoms with Gasteiger partial charge < -0.3 is 9.55 Å². The summed E-state index contributed by atoms with van der Waals surface area (Å²) in [5, 5.41) is 0.691. The predicted molar refractivity (Wildman–Crippen MR) is 75.0 cm³/mol. The van der Waals surface area contributed by atoms with E-state index in [2.05, 4.69) is 26.3 Å². The molecule has 0 amide bonds. The van der Waals surface area contributed by atoms with Gasteiger partial charge in [-0.05, 0) is 42.9 Å². The predicted octanol–water partition coefficient (Wildman–Crippen LogP) is 3.38. The summed E-state index contributed by atoms with van der Waals surface area (Å²) in [6.07, 6.45) is 5.83. The number of hydrogen-bond donors (Lipinski definition) is 1. The highest BCUT2D eigenvalue weighted by molar-refractivity contribution is 7.99. The minimum atomic E-state index is 0.691. The molecule has 2 aromatic heterocycles. The molecule has 90 valence electrons. The van der Waals surface area contributed by atoms with E-state index in [1.807, 2.05) is 18.3 Å². The lowest BCUT2D eigenvalue weighted by molar-refractivity contribution is 0.586. The van der Waals surface area contributed by atoms with E-state index in [4.69, 9.17) is 12.2 Å². The van der Waals surface area contributed by atoms with Crippen LogP contribution in [0.25, 0.3) is 11.2 Å². The molecule has 1 aliphatic rings. The van der Waals surface area contributed by atoms with E-state index >= 15 is 0 Å². The Morgan fingerprint density at radius 1 is 1.53 bits per heavy atom. The van der Waals surface area contributed by atoms with E-state index in [9.17, 15) is 0 Å². The van der Waals surface area contributed by atoms with Gasteiger partial charge in [-0.25, -0.2) is 4.98 Å². The van der Waals surface area contributed by atoms with Gasteiger partial charge in [0, 0.05) is 18.0 Å². The quantitative estimate of drug-likeness (QED) is 0.845. The molecule has 5 heteroatoms. The maximum atomic E-state index is 5.38. The summed E-state index contributed by atoms with van der Waals surface area (Å²) in [7, 11) is 0. The Bertz CT molecular complexity index is 566. The number of hydrogen-bond acceptors (Lipinski definition) is 3. The van der Waals surface area contributed by atoms with Gasteiger partial charge in [0.15, 0.2) is 10.4 Å². The van der Waals surface area contributed by atoms with E-state index in [1.54, 1.807) is 0 Å². The molecule has 0 radical (unpaired) electrons. The first-order chi connectivity index (χ1) is 8.34. The third-order valence-corrected chi connectivity index (χ3v) is 4.89. The van der Waals surface area contributed by atoms with Crippen molar-refractivity contribution in [3.8, 4) is 0 Å². The molecule has 1 aliphatic heterocycles. The highest BCUT2D eigenvalue weighted by Crippen LogP contribution is 2.27. The van der Waals surface area contributed by atoms with Crippen LogP contribution < -0.4 is 0 Å². The Balaban J connectivity index is 1.93. The number of imidazole rings is 1. The van der Waals surface area contributed by atoms with Gasteiger partial charge in [-0.15, -0.1) is 0 Å². The average Bonchev–Trinajstić information content (AvgIpc) is 2.68. The molecule has 3 nitrogen and oxygen atoms in total. The second-order valence-corrected chi connectivity index (χ2v) is 6.20. The fourth-order valence-electron chi connectivity index (χ4n) is 2.31. The average molecular weight is 265 g/mol. The highest BCUT2D eigenvalue weighted by Gasteiger charge is 2.16. The van der Waals surface area contributed by atoms with Crippen LogP contribution in [0, 0.1) is 4.77 Å². The number of aromatic amines is 1. The Morgan fingerprint density at radius 3 is 3.29 bits per heavy atom.